The lowest BCUT2D eigenvalue weighted by atomic mass is 10.1. The molecule has 11 nitrogen and oxygen atoms in total. The van der Waals surface area contributed by atoms with Gasteiger partial charge in [0.1, 0.15) is 29.7 Å². The molecule has 0 aliphatic heterocycles. The summed E-state index contributed by atoms with van der Waals surface area (Å²) in [6, 6.07) is 15.5. The molecule has 226 valence electrons. The van der Waals surface area contributed by atoms with Crippen LogP contribution in [0.25, 0.3) is 21.9 Å². The van der Waals surface area contributed by atoms with Gasteiger partial charge < -0.3 is 24.3 Å². The lowest BCUT2D eigenvalue weighted by Crippen LogP contribution is -2.35. The largest absolute Gasteiger partial charge is 0.465 e. The molecule has 0 aliphatic rings. The molecule has 0 aliphatic carbocycles. The van der Waals surface area contributed by atoms with E-state index in [4.69, 9.17) is 29.2 Å². The second-order valence-corrected chi connectivity index (χ2v) is 11.5. The van der Waals surface area contributed by atoms with Crippen molar-refractivity contribution in [2.75, 3.05) is 25.6 Å². The summed E-state index contributed by atoms with van der Waals surface area (Å²) in [4.78, 5) is 21.8. The molecule has 0 amide bonds. The molecule has 3 N–H and O–H groups in total. The van der Waals surface area contributed by atoms with E-state index in [1.54, 1.807) is 38.1 Å². The summed E-state index contributed by atoms with van der Waals surface area (Å²) < 4.78 is 38.7. The van der Waals surface area contributed by atoms with Gasteiger partial charge in [0, 0.05) is 18.0 Å². The van der Waals surface area contributed by atoms with E-state index in [2.05, 4.69) is 21.6 Å². The highest BCUT2D eigenvalue weighted by molar-refractivity contribution is 7.52. The molecule has 2 heterocycles. The lowest BCUT2D eigenvalue weighted by Gasteiger charge is -2.25. The Morgan fingerprint density at radius 3 is 2.48 bits per heavy atom. The van der Waals surface area contributed by atoms with E-state index in [1.165, 1.54) is 0 Å². The molecule has 0 bridgehead atoms. The highest BCUT2D eigenvalue weighted by Gasteiger charge is 2.33. The average molecular weight is 598 g/mol. The van der Waals surface area contributed by atoms with Crippen molar-refractivity contribution in [2.24, 2.45) is 0 Å². The Labute approximate surface area is 246 Å². The maximum atomic E-state index is 13.9. The van der Waals surface area contributed by atoms with Crippen LogP contribution in [-0.4, -0.2) is 46.4 Å². The first-order valence-corrected chi connectivity index (χ1v) is 15.9. The molecule has 0 radical (unpaired) electrons. The number of pyridine rings is 1. The van der Waals surface area contributed by atoms with Gasteiger partial charge in [-0.1, -0.05) is 49.7 Å². The second-order valence-electron chi connectivity index (χ2n) is 9.82. The third-order valence-corrected chi connectivity index (χ3v) is 8.40. The molecule has 12 heteroatoms. The zero-order valence-electron chi connectivity index (χ0n) is 24.6. The Hall–Kier alpha value is -3.50. The van der Waals surface area contributed by atoms with E-state index in [9.17, 15) is 9.36 Å². The van der Waals surface area contributed by atoms with Crippen LogP contribution in [0.3, 0.4) is 0 Å². The van der Waals surface area contributed by atoms with Crippen molar-refractivity contribution in [2.45, 2.75) is 65.6 Å². The molecule has 2 aromatic heterocycles. The highest BCUT2D eigenvalue weighted by Crippen LogP contribution is 2.45. The molecule has 2 aromatic carbocycles. The second kappa shape index (κ2) is 14.6. The number of imidazole rings is 1. The van der Waals surface area contributed by atoms with Gasteiger partial charge in [0.15, 0.2) is 5.82 Å². The molecule has 4 aromatic rings. The normalized spacial score (nSPS) is 14.5. The third kappa shape index (κ3) is 7.46. The van der Waals surface area contributed by atoms with E-state index in [1.807, 2.05) is 37.3 Å². The summed E-state index contributed by atoms with van der Waals surface area (Å²) in [7, 11) is -3.98. The highest BCUT2D eigenvalue weighted by atomic mass is 31.2. The summed E-state index contributed by atoms with van der Waals surface area (Å²) in [5.41, 5.74) is 8.65. The molecule has 3 atom stereocenters. The van der Waals surface area contributed by atoms with Gasteiger partial charge in [0.2, 0.25) is 0 Å². The van der Waals surface area contributed by atoms with E-state index in [0.29, 0.717) is 36.7 Å². The number of benzene rings is 2. The van der Waals surface area contributed by atoms with Crippen molar-refractivity contribution in [3.8, 4) is 5.75 Å². The fourth-order valence-electron chi connectivity index (χ4n) is 4.87. The quantitative estimate of drug-likeness (QED) is 0.114. The van der Waals surface area contributed by atoms with E-state index in [0.717, 1.165) is 35.1 Å². The zero-order chi connectivity index (χ0) is 30.1. The Kier molecular flexibility index (Phi) is 10.9. The number of nitrogen functional groups attached to an aromatic ring is 1. The molecule has 42 heavy (non-hydrogen) atoms. The van der Waals surface area contributed by atoms with Crippen molar-refractivity contribution in [3.63, 3.8) is 0 Å². The van der Waals surface area contributed by atoms with Crippen LogP contribution in [-0.2, 0) is 30.0 Å². The molecular weight excluding hydrogens is 557 g/mol. The molecule has 0 spiro atoms. The fraction of sp³-hybridized carbons (Fsp3) is 0.433. The number of nitrogens with one attached hydrogen (secondary N) is 1. The SMILES string of the molecule is CCC[C@@H](CCO[P@](=O)(N[C@@H](C)C(=O)OCC)Oc1ccccc1)n1c(COCC)nc2c(N)nc3ccccc3c21. The van der Waals surface area contributed by atoms with Gasteiger partial charge >= 0.3 is 13.7 Å². The number of aromatic nitrogens is 3. The number of fused-ring (bicyclic) bond motifs is 3. The summed E-state index contributed by atoms with van der Waals surface area (Å²) in [6.07, 6.45) is 2.15. The first-order valence-electron chi connectivity index (χ1n) is 14.4. The predicted molar refractivity (Wildman–Crippen MR) is 163 cm³/mol. The number of esters is 1. The Morgan fingerprint density at radius 1 is 1.02 bits per heavy atom. The van der Waals surface area contributed by atoms with Gasteiger partial charge in [-0.2, -0.15) is 5.09 Å². The van der Waals surface area contributed by atoms with Crippen LogP contribution >= 0.6 is 7.75 Å². The first-order chi connectivity index (χ1) is 20.3. The van der Waals surface area contributed by atoms with Gasteiger partial charge in [0.05, 0.1) is 24.2 Å². The Bertz CT molecular complexity index is 1530. The topological polar surface area (TPSA) is 140 Å². The van der Waals surface area contributed by atoms with Crippen LogP contribution in [0.15, 0.2) is 54.6 Å². The number of rotatable bonds is 16. The smallest absolute Gasteiger partial charge is 0.459 e. The van der Waals surface area contributed by atoms with Gasteiger partial charge in [-0.05, 0) is 51.8 Å². The number of hydrogen-bond donors (Lipinski definition) is 2. The molecule has 0 fully saturated rings. The van der Waals surface area contributed by atoms with Crippen LogP contribution in [0.1, 0.15) is 58.8 Å². The molecular formula is C30H40N5O6P. The summed E-state index contributed by atoms with van der Waals surface area (Å²) in [6.45, 7) is 8.41. The number of para-hydroxylation sites is 2. The number of nitrogens with two attached hydrogens (primary N) is 1. The first kappa shape index (κ1) is 31.4. The summed E-state index contributed by atoms with van der Waals surface area (Å²) in [5.74, 6) is 0.881. The van der Waals surface area contributed by atoms with Crippen molar-refractivity contribution < 1.29 is 27.9 Å². The lowest BCUT2D eigenvalue weighted by molar-refractivity contribution is -0.144. The molecule has 4 rings (SSSR count). The number of anilines is 1. The van der Waals surface area contributed by atoms with Crippen molar-refractivity contribution in [1.82, 2.24) is 19.6 Å². The van der Waals surface area contributed by atoms with Crippen LogP contribution in [0.4, 0.5) is 5.82 Å². The van der Waals surface area contributed by atoms with Gasteiger partial charge in [0.25, 0.3) is 0 Å². The van der Waals surface area contributed by atoms with Crippen LogP contribution in [0.5, 0.6) is 5.75 Å². The van der Waals surface area contributed by atoms with Gasteiger partial charge in [-0.3, -0.25) is 9.32 Å². The number of carbonyl (C=O) groups is 1. The van der Waals surface area contributed by atoms with Gasteiger partial charge in [-0.25, -0.2) is 14.5 Å². The number of nitrogens with zero attached hydrogens (tertiary/aromatic N) is 3. The zero-order valence-corrected chi connectivity index (χ0v) is 25.5. The number of carbonyl (C=O) groups excluding carboxylic acids is 1. The maximum absolute atomic E-state index is 13.9. The third-order valence-electron chi connectivity index (χ3n) is 6.72. The van der Waals surface area contributed by atoms with Crippen molar-refractivity contribution >= 4 is 41.5 Å². The van der Waals surface area contributed by atoms with Gasteiger partial charge in [-0.15, -0.1) is 0 Å². The maximum Gasteiger partial charge on any atom is 0.459 e. The summed E-state index contributed by atoms with van der Waals surface area (Å²) in [5, 5.41) is 3.67. The monoisotopic (exact) mass is 597 g/mol. The van der Waals surface area contributed by atoms with Crippen molar-refractivity contribution in [3.05, 3.63) is 60.4 Å². The Balaban J connectivity index is 1.66. The molecule has 0 unspecified atom stereocenters. The van der Waals surface area contributed by atoms with E-state index >= 15 is 0 Å². The minimum absolute atomic E-state index is 0.0730. The van der Waals surface area contributed by atoms with Crippen molar-refractivity contribution in [1.29, 1.82) is 0 Å². The molecule has 0 saturated carbocycles. The summed E-state index contributed by atoms with van der Waals surface area (Å²) >= 11 is 0. The van der Waals surface area contributed by atoms with Crippen LogP contribution < -0.4 is 15.3 Å². The standard InChI is InChI=1S/C30H40N5O6P/c1-5-13-22(18-19-40-42(37,34-21(4)30(36)39-7-3)41-23-14-9-8-10-15-23)35-26(20-38-6-2)33-27-28(35)24-16-11-12-17-25(24)32-29(27)31/h8-12,14-17,21-22H,5-7,13,18-20H2,1-4H3,(H2,31,32)(H,34,37)/t21-,22-,42+/m0/s1. The van der Waals surface area contributed by atoms with Crippen LogP contribution in [0.2, 0.25) is 0 Å². The van der Waals surface area contributed by atoms with E-state index in [-0.39, 0.29) is 19.3 Å². The number of hydrogen-bond acceptors (Lipinski definition) is 9. The Morgan fingerprint density at radius 2 is 1.76 bits per heavy atom. The number of ether oxygens (including phenoxy) is 2. The minimum atomic E-state index is -3.98. The predicted octanol–water partition coefficient (Wildman–Crippen LogP) is 6.18. The minimum Gasteiger partial charge on any atom is -0.465 e. The van der Waals surface area contributed by atoms with Crippen LogP contribution in [0, 0.1) is 0 Å². The fourth-order valence-corrected chi connectivity index (χ4v) is 6.37. The average Bonchev–Trinajstić information content (AvgIpc) is 3.36. The molecule has 0 saturated heterocycles. The van der Waals surface area contributed by atoms with E-state index < -0.39 is 19.8 Å².